The summed E-state index contributed by atoms with van der Waals surface area (Å²) in [5, 5.41) is 0. The summed E-state index contributed by atoms with van der Waals surface area (Å²) in [6, 6.07) is 5.67. The van der Waals surface area contributed by atoms with Crippen LogP contribution in [0.15, 0.2) is 22.7 Å². The Kier molecular flexibility index (Phi) is 2.96. The summed E-state index contributed by atoms with van der Waals surface area (Å²) in [4.78, 5) is 0. The molecule has 1 fully saturated rings. The van der Waals surface area contributed by atoms with Gasteiger partial charge in [-0.15, -0.1) is 0 Å². The molecule has 0 aliphatic heterocycles. The van der Waals surface area contributed by atoms with E-state index in [9.17, 15) is 0 Å². The second-order valence-electron chi connectivity index (χ2n) is 3.71. The number of nitrogen functional groups attached to an aromatic ring is 1. The lowest BCUT2D eigenvalue weighted by Gasteiger charge is -2.14. The van der Waals surface area contributed by atoms with Crippen LogP contribution in [0.4, 0.5) is 5.69 Å². The summed E-state index contributed by atoms with van der Waals surface area (Å²) in [6.07, 6.45) is 5.28. The van der Waals surface area contributed by atoms with Gasteiger partial charge in [0, 0.05) is 11.8 Å². The van der Waals surface area contributed by atoms with E-state index >= 15 is 0 Å². The normalized spacial score (nSPS) is 17.2. The molecule has 0 bridgehead atoms. The minimum absolute atomic E-state index is 0.382. The van der Waals surface area contributed by atoms with E-state index in [1.807, 2.05) is 18.2 Å². The quantitative estimate of drug-likeness (QED) is 0.823. The molecular weight excluding hydrogens is 242 g/mol. The van der Waals surface area contributed by atoms with Gasteiger partial charge in [0.1, 0.15) is 5.75 Å². The zero-order valence-corrected chi connectivity index (χ0v) is 9.59. The topological polar surface area (TPSA) is 35.2 Å². The highest BCUT2D eigenvalue weighted by Gasteiger charge is 2.17. The van der Waals surface area contributed by atoms with Crippen molar-refractivity contribution in [1.82, 2.24) is 0 Å². The van der Waals surface area contributed by atoms with Gasteiger partial charge in [0.05, 0.1) is 10.6 Å². The van der Waals surface area contributed by atoms with E-state index in [4.69, 9.17) is 10.5 Å². The maximum absolute atomic E-state index is 5.86. The van der Waals surface area contributed by atoms with Gasteiger partial charge in [-0.25, -0.2) is 0 Å². The molecule has 0 heterocycles. The minimum atomic E-state index is 0.382. The first kappa shape index (κ1) is 9.84. The van der Waals surface area contributed by atoms with E-state index in [1.165, 1.54) is 25.7 Å². The summed E-state index contributed by atoms with van der Waals surface area (Å²) in [5.74, 6) is 0.872. The third-order valence-corrected chi connectivity index (χ3v) is 3.21. The predicted molar refractivity (Wildman–Crippen MR) is 61.4 cm³/mol. The Morgan fingerprint density at radius 3 is 2.71 bits per heavy atom. The molecule has 2 nitrogen and oxygen atoms in total. The third kappa shape index (κ3) is 2.21. The van der Waals surface area contributed by atoms with Gasteiger partial charge >= 0.3 is 0 Å². The SMILES string of the molecule is Nc1ccc(Br)c(OC2CCCC2)c1. The zero-order valence-electron chi connectivity index (χ0n) is 8.00. The lowest BCUT2D eigenvalue weighted by Crippen LogP contribution is -2.11. The lowest BCUT2D eigenvalue weighted by molar-refractivity contribution is 0.209. The van der Waals surface area contributed by atoms with Crippen LogP contribution in [-0.2, 0) is 0 Å². The van der Waals surface area contributed by atoms with Crippen molar-refractivity contribution in [3.63, 3.8) is 0 Å². The molecule has 0 aromatic heterocycles. The van der Waals surface area contributed by atoms with Crippen LogP contribution < -0.4 is 10.5 Å². The Bertz CT molecular complexity index is 321. The molecule has 1 aromatic carbocycles. The molecule has 0 atom stereocenters. The van der Waals surface area contributed by atoms with Crippen LogP contribution in [0, 0.1) is 0 Å². The Balaban J connectivity index is 2.10. The van der Waals surface area contributed by atoms with Crippen molar-refractivity contribution in [3.8, 4) is 5.75 Å². The molecule has 0 spiro atoms. The summed E-state index contributed by atoms with van der Waals surface area (Å²) < 4.78 is 6.84. The molecule has 0 unspecified atom stereocenters. The number of hydrogen-bond acceptors (Lipinski definition) is 2. The summed E-state index contributed by atoms with van der Waals surface area (Å²) in [6.45, 7) is 0. The molecule has 1 saturated carbocycles. The van der Waals surface area contributed by atoms with Gasteiger partial charge in [-0.3, -0.25) is 0 Å². The molecule has 1 aliphatic rings. The molecule has 3 heteroatoms. The number of anilines is 1. The number of halogens is 1. The summed E-state index contributed by atoms with van der Waals surface area (Å²) >= 11 is 3.46. The molecule has 2 rings (SSSR count). The second-order valence-corrected chi connectivity index (χ2v) is 4.57. The van der Waals surface area contributed by atoms with E-state index in [-0.39, 0.29) is 0 Å². The van der Waals surface area contributed by atoms with Crippen molar-refractivity contribution < 1.29 is 4.74 Å². The summed E-state index contributed by atoms with van der Waals surface area (Å²) in [7, 11) is 0. The smallest absolute Gasteiger partial charge is 0.135 e. The first-order valence-electron chi connectivity index (χ1n) is 4.97. The minimum Gasteiger partial charge on any atom is -0.489 e. The van der Waals surface area contributed by atoms with E-state index in [0.717, 1.165) is 15.9 Å². The Hall–Kier alpha value is -0.700. The standard InChI is InChI=1S/C11H14BrNO/c12-10-6-5-8(13)7-11(10)14-9-3-1-2-4-9/h5-7,9H,1-4,13H2. The Morgan fingerprint density at radius 1 is 1.29 bits per heavy atom. The van der Waals surface area contributed by atoms with Crippen LogP contribution in [0.1, 0.15) is 25.7 Å². The molecule has 76 valence electrons. The maximum Gasteiger partial charge on any atom is 0.135 e. The van der Waals surface area contributed by atoms with Crippen LogP contribution in [0.2, 0.25) is 0 Å². The van der Waals surface area contributed by atoms with E-state index in [2.05, 4.69) is 15.9 Å². The van der Waals surface area contributed by atoms with Gasteiger partial charge in [-0.1, -0.05) is 0 Å². The van der Waals surface area contributed by atoms with Crippen LogP contribution >= 0.6 is 15.9 Å². The van der Waals surface area contributed by atoms with E-state index < -0.39 is 0 Å². The Labute approximate surface area is 92.6 Å². The summed E-state index contributed by atoms with van der Waals surface area (Å²) in [5.41, 5.74) is 6.45. The van der Waals surface area contributed by atoms with Gasteiger partial charge < -0.3 is 10.5 Å². The molecule has 0 radical (unpaired) electrons. The average Bonchev–Trinajstić information content (AvgIpc) is 2.64. The van der Waals surface area contributed by atoms with Gasteiger partial charge in [0.15, 0.2) is 0 Å². The van der Waals surface area contributed by atoms with Crippen molar-refractivity contribution in [1.29, 1.82) is 0 Å². The van der Waals surface area contributed by atoms with Crippen LogP contribution in [-0.4, -0.2) is 6.10 Å². The van der Waals surface area contributed by atoms with Crippen LogP contribution in [0.25, 0.3) is 0 Å². The fraction of sp³-hybridized carbons (Fsp3) is 0.455. The van der Waals surface area contributed by atoms with Crippen molar-refractivity contribution in [3.05, 3.63) is 22.7 Å². The van der Waals surface area contributed by atoms with Gasteiger partial charge in [0.2, 0.25) is 0 Å². The molecule has 14 heavy (non-hydrogen) atoms. The number of benzene rings is 1. The second kappa shape index (κ2) is 4.22. The fourth-order valence-corrected chi connectivity index (χ4v) is 2.14. The lowest BCUT2D eigenvalue weighted by atomic mass is 10.3. The molecular formula is C11H14BrNO. The molecule has 1 aliphatic carbocycles. The van der Waals surface area contributed by atoms with Gasteiger partial charge in [-0.05, 0) is 53.7 Å². The maximum atomic E-state index is 5.86. The van der Waals surface area contributed by atoms with E-state index in [0.29, 0.717) is 6.10 Å². The van der Waals surface area contributed by atoms with Gasteiger partial charge in [-0.2, -0.15) is 0 Å². The molecule has 2 N–H and O–H groups in total. The highest BCUT2D eigenvalue weighted by molar-refractivity contribution is 9.10. The van der Waals surface area contributed by atoms with Crippen molar-refractivity contribution >= 4 is 21.6 Å². The number of hydrogen-bond donors (Lipinski definition) is 1. The monoisotopic (exact) mass is 255 g/mol. The molecule has 0 saturated heterocycles. The predicted octanol–water partition coefficient (Wildman–Crippen LogP) is 3.35. The number of rotatable bonds is 2. The van der Waals surface area contributed by atoms with Crippen LogP contribution in [0.5, 0.6) is 5.75 Å². The third-order valence-electron chi connectivity index (χ3n) is 2.55. The van der Waals surface area contributed by atoms with Gasteiger partial charge in [0.25, 0.3) is 0 Å². The highest BCUT2D eigenvalue weighted by Crippen LogP contribution is 2.31. The first-order chi connectivity index (χ1) is 6.75. The first-order valence-corrected chi connectivity index (χ1v) is 5.77. The number of nitrogens with two attached hydrogens (primary N) is 1. The fourth-order valence-electron chi connectivity index (χ4n) is 1.80. The van der Waals surface area contributed by atoms with Crippen molar-refractivity contribution in [2.45, 2.75) is 31.8 Å². The molecule has 1 aromatic rings. The largest absolute Gasteiger partial charge is 0.489 e. The number of ether oxygens (including phenoxy) is 1. The average molecular weight is 256 g/mol. The zero-order chi connectivity index (χ0) is 9.97. The Morgan fingerprint density at radius 2 is 2.00 bits per heavy atom. The molecule has 0 amide bonds. The van der Waals surface area contributed by atoms with E-state index in [1.54, 1.807) is 0 Å². The van der Waals surface area contributed by atoms with Crippen molar-refractivity contribution in [2.75, 3.05) is 5.73 Å². The van der Waals surface area contributed by atoms with Crippen molar-refractivity contribution in [2.24, 2.45) is 0 Å². The van der Waals surface area contributed by atoms with Crippen LogP contribution in [0.3, 0.4) is 0 Å². The highest BCUT2D eigenvalue weighted by atomic mass is 79.9.